The summed E-state index contributed by atoms with van der Waals surface area (Å²) in [6, 6.07) is 10.1. The molecule has 2 aromatic carbocycles. The molecule has 0 fully saturated rings. The summed E-state index contributed by atoms with van der Waals surface area (Å²) in [5.41, 5.74) is 1.21. The van der Waals surface area contributed by atoms with E-state index in [0.29, 0.717) is 16.8 Å². The zero-order valence-corrected chi connectivity index (χ0v) is 16.9. The average Bonchev–Trinajstić information content (AvgIpc) is 3.04. The monoisotopic (exact) mass is 425 g/mol. The van der Waals surface area contributed by atoms with E-state index >= 15 is 0 Å². The molecule has 0 aliphatic carbocycles. The van der Waals surface area contributed by atoms with Gasteiger partial charge in [-0.3, -0.25) is 9.36 Å². The summed E-state index contributed by atoms with van der Waals surface area (Å²) in [7, 11) is 3.23. The van der Waals surface area contributed by atoms with Gasteiger partial charge in [0.1, 0.15) is 11.6 Å². The van der Waals surface area contributed by atoms with Crippen LogP contribution in [0.15, 0.2) is 70.6 Å². The zero-order chi connectivity index (χ0) is 21.6. The first-order valence-electron chi connectivity index (χ1n) is 9.00. The van der Waals surface area contributed by atoms with Gasteiger partial charge in [-0.2, -0.15) is 0 Å². The Morgan fingerprint density at radius 1 is 0.867 bits per heavy atom. The highest BCUT2D eigenvalue weighted by Gasteiger charge is 2.16. The molecule has 0 amide bonds. The van der Waals surface area contributed by atoms with Crippen molar-refractivity contribution >= 4 is 11.6 Å². The summed E-state index contributed by atoms with van der Waals surface area (Å²) >= 11 is 6.39. The maximum absolute atomic E-state index is 14.4. The molecule has 0 radical (unpaired) electrons. The summed E-state index contributed by atoms with van der Waals surface area (Å²) in [5, 5.41) is 11.1. The first kappa shape index (κ1) is 19.7. The van der Waals surface area contributed by atoms with Crippen LogP contribution in [-0.2, 0) is 14.1 Å². The molecule has 0 bridgehead atoms. The van der Waals surface area contributed by atoms with Gasteiger partial charge in [0, 0.05) is 49.9 Å². The third-order valence-corrected chi connectivity index (χ3v) is 5.26. The molecular weight excluding hydrogens is 409 g/mol. The number of phenolic OH excluding ortho intramolecular Hbond substituents is 1. The smallest absolute Gasteiger partial charge is 0.332 e. The number of benzene rings is 2. The van der Waals surface area contributed by atoms with Crippen LogP contribution in [0.1, 0.15) is 0 Å². The molecule has 4 aromatic rings. The van der Waals surface area contributed by atoms with Crippen LogP contribution < -0.4 is 11.2 Å². The number of rotatable bonds is 3. The van der Waals surface area contributed by atoms with Crippen LogP contribution in [0.2, 0.25) is 5.02 Å². The lowest BCUT2D eigenvalue weighted by Crippen LogP contribution is -2.20. The Labute approximate surface area is 175 Å². The van der Waals surface area contributed by atoms with E-state index < -0.39 is 5.82 Å². The maximum Gasteiger partial charge on any atom is 0.332 e. The maximum atomic E-state index is 14.4. The molecule has 0 saturated carbocycles. The first-order chi connectivity index (χ1) is 14.3. The highest BCUT2D eigenvalue weighted by molar-refractivity contribution is 6.32. The number of hydrogen-bond donors (Lipinski definition) is 1. The molecule has 0 atom stereocenters. The molecule has 0 unspecified atom stereocenters. The molecule has 6 nitrogen and oxygen atoms in total. The number of aromatic hydroxyl groups is 1. The lowest BCUT2D eigenvalue weighted by atomic mass is 9.97. The molecular formula is C22H17ClFN3O3. The second-order valence-corrected chi connectivity index (χ2v) is 7.35. The fraction of sp³-hybridized carbons (Fsp3) is 0.0909. The SMILES string of the molecule is Cn1ccc(-c2cc(F)cc(-c3ccc(-n4ccn(C)c4=O)c(Cl)c3)c2O)cc1=O. The van der Waals surface area contributed by atoms with Gasteiger partial charge in [0.2, 0.25) is 0 Å². The Bertz CT molecular complexity index is 1400. The molecule has 2 aromatic heterocycles. The standard InChI is InChI=1S/C22H17ClFN3O3/c1-25-6-5-14(10-20(25)28)17-12-15(24)11-16(21(17)29)13-3-4-19(18(23)9-13)27-8-7-26(2)22(27)30/h3-12,29H,1-2H3. The Morgan fingerprint density at radius 3 is 2.10 bits per heavy atom. The zero-order valence-electron chi connectivity index (χ0n) is 16.1. The van der Waals surface area contributed by atoms with Gasteiger partial charge in [-0.15, -0.1) is 0 Å². The van der Waals surface area contributed by atoms with Crippen molar-refractivity contribution in [2.45, 2.75) is 0 Å². The van der Waals surface area contributed by atoms with Crippen LogP contribution in [0.4, 0.5) is 4.39 Å². The molecule has 30 heavy (non-hydrogen) atoms. The van der Waals surface area contributed by atoms with Crippen molar-refractivity contribution < 1.29 is 9.50 Å². The predicted molar refractivity (Wildman–Crippen MR) is 114 cm³/mol. The lowest BCUT2D eigenvalue weighted by molar-refractivity contribution is 0.477. The predicted octanol–water partition coefficient (Wildman–Crippen LogP) is 3.71. The number of halogens is 2. The number of aryl methyl sites for hydroxylation is 2. The van der Waals surface area contributed by atoms with Gasteiger partial charge in [0.05, 0.1) is 10.7 Å². The molecule has 1 N–H and O–H groups in total. The minimum Gasteiger partial charge on any atom is -0.507 e. The van der Waals surface area contributed by atoms with Crippen LogP contribution in [0.3, 0.4) is 0 Å². The van der Waals surface area contributed by atoms with E-state index in [1.165, 1.54) is 31.9 Å². The van der Waals surface area contributed by atoms with Crippen LogP contribution in [0.25, 0.3) is 27.9 Å². The summed E-state index contributed by atoms with van der Waals surface area (Å²) in [5.74, 6) is -0.747. The van der Waals surface area contributed by atoms with E-state index in [1.54, 1.807) is 57.0 Å². The third-order valence-electron chi connectivity index (χ3n) is 4.96. The summed E-state index contributed by atoms with van der Waals surface area (Å²) in [6.07, 6.45) is 4.75. The summed E-state index contributed by atoms with van der Waals surface area (Å²) in [6.45, 7) is 0. The topological polar surface area (TPSA) is 69.2 Å². The van der Waals surface area contributed by atoms with Gasteiger partial charge in [-0.1, -0.05) is 17.7 Å². The molecule has 8 heteroatoms. The second kappa shape index (κ2) is 7.35. The van der Waals surface area contributed by atoms with Crippen molar-refractivity contribution in [1.29, 1.82) is 0 Å². The van der Waals surface area contributed by atoms with Crippen molar-refractivity contribution in [2.24, 2.45) is 14.1 Å². The molecule has 0 aliphatic rings. The van der Waals surface area contributed by atoms with Crippen molar-refractivity contribution in [3.63, 3.8) is 0 Å². The van der Waals surface area contributed by atoms with Crippen molar-refractivity contribution in [2.75, 3.05) is 0 Å². The Kier molecular flexibility index (Phi) is 4.83. The van der Waals surface area contributed by atoms with E-state index in [4.69, 9.17) is 11.6 Å². The molecule has 152 valence electrons. The number of imidazole rings is 1. The second-order valence-electron chi connectivity index (χ2n) is 6.94. The van der Waals surface area contributed by atoms with Crippen molar-refractivity contribution in [3.05, 3.63) is 92.7 Å². The minimum absolute atomic E-state index is 0.176. The van der Waals surface area contributed by atoms with Gasteiger partial charge in [0.25, 0.3) is 5.56 Å². The van der Waals surface area contributed by atoms with E-state index in [-0.39, 0.29) is 33.1 Å². The highest BCUT2D eigenvalue weighted by Crippen LogP contribution is 2.40. The first-order valence-corrected chi connectivity index (χ1v) is 9.38. The highest BCUT2D eigenvalue weighted by atomic mass is 35.5. The number of hydrogen-bond acceptors (Lipinski definition) is 3. The Morgan fingerprint density at radius 2 is 1.53 bits per heavy atom. The summed E-state index contributed by atoms with van der Waals surface area (Å²) < 4.78 is 18.6. The van der Waals surface area contributed by atoms with E-state index in [2.05, 4.69) is 0 Å². The van der Waals surface area contributed by atoms with Crippen LogP contribution >= 0.6 is 11.6 Å². The van der Waals surface area contributed by atoms with Gasteiger partial charge in [-0.25, -0.2) is 9.18 Å². The fourth-order valence-electron chi connectivity index (χ4n) is 3.27. The molecule has 0 saturated heterocycles. The normalized spacial score (nSPS) is 11.1. The van der Waals surface area contributed by atoms with Gasteiger partial charge in [-0.05, 0) is 41.5 Å². The molecule has 4 rings (SSSR count). The number of aromatic nitrogens is 3. The lowest BCUT2D eigenvalue weighted by Gasteiger charge is -2.13. The number of phenols is 1. The van der Waals surface area contributed by atoms with E-state index in [1.807, 2.05) is 0 Å². The van der Waals surface area contributed by atoms with Crippen LogP contribution in [0.5, 0.6) is 5.75 Å². The van der Waals surface area contributed by atoms with Crippen LogP contribution in [-0.4, -0.2) is 18.8 Å². The quantitative estimate of drug-likeness (QED) is 0.544. The average molecular weight is 426 g/mol. The largest absolute Gasteiger partial charge is 0.507 e. The van der Waals surface area contributed by atoms with Gasteiger partial charge < -0.3 is 14.2 Å². The fourth-order valence-corrected chi connectivity index (χ4v) is 3.54. The van der Waals surface area contributed by atoms with E-state index in [9.17, 15) is 19.1 Å². The van der Waals surface area contributed by atoms with Gasteiger partial charge in [0.15, 0.2) is 0 Å². The van der Waals surface area contributed by atoms with Crippen LogP contribution in [0, 0.1) is 5.82 Å². The minimum atomic E-state index is -0.571. The van der Waals surface area contributed by atoms with Crippen molar-refractivity contribution in [1.82, 2.24) is 13.7 Å². The van der Waals surface area contributed by atoms with E-state index in [0.717, 1.165) is 0 Å². The van der Waals surface area contributed by atoms with Crippen molar-refractivity contribution in [3.8, 4) is 33.7 Å². The molecule has 0 spiro atoms. The van der Waals surface area contributed by atoms with Gasteiger partial charge >= 0.3 is 5.69 Å². The molecule has 0 aliphatic heterocycles. The number of nitrogens with zero attached hydrogens (tertiary/aromatic N) is 3. The number of pyridine rings is 1. The third kappa shape index (κ3) is 3.33. The molecule has 2 heterocycles. The Hall–Kier alpha value is -3.58. The Balaban J connectivity index is 1.85. The summed E-state index contributed by atoms with van der Waals surface area (Å²) in [4.78, 5) is 24.1.